The SMILES string of the molecule is N#CC(NC1CCCCC1)c1ccc(Br)c(Cl)c1. The van der Waals surface area contributed by atoms with Gasteiger partial charge in [0.25, 0.3) is 0 Å². The van der Waals surface area contributed by atoms with Crippen LogP contribution in [-0.4, -0.2) is 6.04 Å². The molecule has 1 saturated carbocycles. The summed E-state index contributed by atoms with van der Waals surface area (Å²) < 4.78 is 0.863. The molecule has 0 aromatic heterocycles. The second-order valence-corrected chi connectivity index (χ2v) is 6.00. The zero-order valence-corrected chi connectivity index (χ0v) is 12.5. The summed E-state index contributed by atoms with van der Waals surface area (Å²) in [4.78, 5) is 0. The Kier molecular flexibility index (Phi) is 5.05. The molecule has 1 atom stereocenters. The second kappa shape index (κ2) is 6.56. The highest BCUT2D eigenvalue weighted by Crippen LogP contribution is 2.27. The van der Waals surface area contributed by atoms with Crippen molar-refractivity contribution in [2.75, 3.05) is 0 Å². The Morgan fingerprint density at radius 2 is 2.06 bits per heavy atom. The maximum Gasteiger partial charge on any atom is 0.121 e. The first kappa shape index (κ1) is 13.9. The molecule has 2 rings (SSSR count). The number of nitrogens with zero attached hydrogens (tertiary/aromatic N) is 1. The van der Waals surface area contributed by atoms with E-state index in [1.807, 2.05) is 18.2 Å². The lowest BCUT2D eigenvalue weighted by Gasteiger charge is -2.25. The molecule has 1 aliphatic carbocycles. The predicted octanol–water partition coefficient (Wildman–Crippen LogP) is 4.59. The van der Waals surface area contributed by atoms with Crippen molar-refractivity contribution in [2.24, 2.45) is 0 Å². The largest absolute Gasteiger partial charge is 0.295 e. The smallest absolute Gasteiger partial charge is 0.121 e. The van der Waals surface area contributed by atoms with Gasteiger partial charge in [0, 0.05) is 10.5 Å². The fourth-order valence-corrected chi connectivity index (χ4v) is 2.84. The summed E-state index contributed by atoms with van der Waals surface area (Å²) in [6.45, 7) is 0. The molecular weight excluding hydrogens is 312 g/mol. The zero-order valence-electron chi connectivity index (χ0n) is 10.1. The third-order valence-electron chi connectivity index (χ3n) is 3.41. The maximum absolute atomic E-state index is 9.30. The van der Waals surface area contributed by atoms with E-state index in [-0.39, 0.29) is 6.04 Å². The molecule has 0 spiro atoms. The first-order chi connectivity index (χ1) is 8.70. The van der Waals surface area contributed by atoms with Crippen LogP contribution in [0.3, 0.4) is 0 Å². The van der Waals surface area contributed by atoms with E-state index in [0.717, 1.165) is 10.0 Å². The number of hydrogen-bond acceptors (Lipinski definition) is 2. The Hall–Kier alpha value is -0.560. The van der Waals surface area contributed by atoms with Crippen molar-refractivity contribution in [1.82, 2.24) is 5.32 Å². The molecule has 1 N–H and O–H groups in total. The van der Waals surface area contributed by atoms with Crippen LogP contribution in [0.25, 0.3) is 0 Å². The molecule has 0 saturated heterocycles. The minimum atomic E-state index is -0.265. The predicted molar refractivity (Wildman–Crippen MR) is 77.5 cm³/mol. The number of nitrogens with one attached hydrogen (secondary N) is 1. The van der Waals surface area contributed by atoms with Crippen LogP contribution in [0, 0.1) is 11.3 Å². The number of rotatable bonds is 3. The third kappa shape index (κ3) is 3.47. The van der Waals surface area contributed by atoms with E-state index in [4.69, 9.17) is 11.6 Å². The third-order valence-corrected chi connectivity index (χ3v) is 4.65. The lowest BCUT2D eigenvalue weighted by Crippen LogP contribution is -2.33. The topological polar surface area (TPSA) is 35.8 Å². The van der Waals surface area contributed by atoms with Crippen LogP contribution in [0.5, 0.6) is 0 Å². The minimum Gasteiger partial charge on any atom is -0.295 e. The fourth-order valence-electron chi connectivity index (χ4n) is 2.40. The zero-order chi connectivity index (χ0) is 13.0. The number of hydrogen-bond donors (Lipinski definition) is 1. The van der Waals surface area contributed by atoms with Crippen molar-refractivity contribution in [2.45, 2.75) is 44.2 Å². The van der Waals surface area contributed by atoms with Crippen LogP contribution >= 0.6 is 27.5 Å². The Balaban J connectivity index is 2.07. The van der Waals surface area contributed by atoms with Gasteiger partial charge in [0.1, 0.15) is 6.04 Å². The number of nitriles is 1. The summed E-state index contributed by atoms with van der Waals surface area (Å²) in [5.74, 6) is 0. The monoisotopic (exact) mass is 326 g/mol. The summed E-state index contributed by atoms with van der Waals surface area (Å²) in [5.41, 5.74) is 0.941. The highest BCUT2D eigenvalue weighted by Gasteiger charge is 2.19. The van der Waals surface area contributed by atoms with Gasteiger partial charge in [-0.25, -0.2) is 0 Å². The van der Waals surface area contributed by atoms with Crippen molar-refractivity contribution in [1.29, 1.82) is 5.26 Å². The molecule has 1 aromatic carbocycles. The maximum atomic E-state index is 9.30. The molecular formula is C14H16BrClN2. The molecule has 1 aromatic rings. The molecule has 1 aliphatic rings. The van der Waals surface area contributed by atoms with Crippen LogP contribution in [0.2, 0.25) is 5.02 Å². The molecule has 18 heavy (non-hydrogen) atoms. The van der Waals surface area contributed by atoms with Crippen LogP contribution < -0.4 is 5.32 Å². The Labute approximate surface area is 121 Å². The van der Waals surface area contributed by atoms with E-state index in [2.05, 4.69) is 27.3 Å². The first-order valence-electron chi connectivity index (χ1n) is 6.31. The quantitative estimate of drug-likeness (QED) is 0.881. The lowest BCUT2D eigenvalue weighted by molar-refractivity contribution is 0.360. The van der Waals surface area contributed by atoms with Gasteiger partial charge >= 0.3 is 0 Å². The van der Waals surface area contributed by atoms with E-state index in [1.165, 1.54) is 32.1 Å². The summed E-state index contributed by atoms with van der Waals surface area (Å²) in [7, 11) is 0. The number of halogens is 2. The van der Waals surface area contributed by atoms with Crippen molar-refractivity contribution >= 4 is 27.5 Å². The molecule has 0 heterocycles. The van der Waals surface area contributed by atoms with E-state index < -0.39 is 0 Å². The molecule has 0 radical (unpaired) electrons. The molecule has 96 valence electrons. The van der Waals surface area contributed by atoms with Gasteiger partial charge < -0.3 is 0 Å². The fraction of sp³-hybridized carbons (Fsp3) is 0.500. The van der Waals surface area contributed by atoms with E-state index in [0.29, 0.717) is 11.1 Å². The molecule has 2 nitrogen and oxygen atoms in total. The van der Waals surface area contributed by atoms with Crippen LogP contribution in [0.15, 0.2) is 22.7 Å². The molecule has 1 unspecified atom stereocenters. The van der Waals surface area contributed by atoms with E-state index >= 15 is 0 Å². The standard InChI is InChI=1S/C14H16BrClN2/c15-12-7-6-10(8-13(12)16)14(9-17)18-11-4-2-1-3-5-11/h6-8,11,14,18H,1-5H2. The summed E-state index contributed by atoms with van der Waals surface area (Å²) >= 11 is 9.44. The molecule has 0 bridgehead atoms. The first-order valence-corrected chi connectivity index (χ1v) is 7.48. The summed E-state index contributed by atoms with van der Waals surface area (Å²) in [6.07, 6.45) is 6.18. The average molecular weight is 328 g/mol. The van der Waals surface area contributed by atoms with Gasteiger partial charge in [-0.15, -0.1) is 0 Å². The van der Waals surface area contributed by atoms with Gasteiger partial charge in [0.2, 0.25) is 0 Å². The molecule has 1 fully saturated rings. The highest BCUT2D eigenvalue weighted by molar-refractivity contribution is 9.10. The highest BCUT2D eigenvalue weighted by atomic mass is 79.9. The van der Waals surface area contributed by atoms with Crippen LogP contribution in [0.4, 0.5) is 0 Å². The van der Waals surface area contributed by atoms with Gasteiger partial charge in [-0.3, -0.25) is 5.32 Å². The van der Waals surface area contributed by atoms with Crippen LogP contribution in [-0.2, 0) is 0 Å². The van der Waals surface area contributed by atoms with Gasteiger partial charge in [0.05, 0.1) is 11.1 Å². The molecule has 4 heteroatoms. The Morgan fingerprint density at radius 1 is 1.33 bits per heavy atom. The normalized spacial score (nSPS) is 18.3. The summed E-state index contributed by atoms with van der Waals surface area (Å²) in [5, 5.41) is 13.4. The van der Waals surface area contributed by atoms with Crippen molar-refractivity contribution in [3.05, 3.63) is 33.3 Å². The molecule has 0 amide bonds. The van der Waals surface area contributed by atoms with Crippen molar-refractivity contribution < 1.29 is 0 Å². The Morgan fingerprint density at radius 3 is 2.67 bits per heavy atom. The van der Waals surface area contributed by atoms with Gasteiger partial charge in [0.15, 0.2) is 0 Å². The average Bonchev–Trinajstić information content (AvgIpc) is 2.40. The van der Waals surface area contributed by atoms with E-state index in [9.17, 15) is 5.26 Å². The second-order valence-electron chi connectivity index (χ2n) is 4.74. The molecule has 0 aliphatic heterocycles. The summed E-state index contributed by atoms with van der Waals surface area (Å²) in [6, 6.07) is 8.22. The van der Waals surface area contributed by atoms with Gasteiger partial charge in [-0.2, -0.15) is 5.26 Å². The Bertz CT molecular complexity index is 450. The lowest BCUT2D eigenvalue weighted by atomic mass is 9.94. The van der Waals surface area contributed by atoms with Gasteiger partial charge in [-0.05, 0) is 46.5 Å². The minimum absolute atomic E-state index is 0.265. The van der Waals surface area contributed by atoms with E-state index in [1.54, 1.807) is 0 Å². The van der Waals surface area contributed by atoms with Gasteiger partial charge in [-0.1, -0.05) is 36.9 Å². The van der Waals surface area contributed by atoms with Crippen molar-refractivity contribution in [3.63, 3.8) is 0 Å². The van der Waals surface area contributed by atoms with Crippen molar-refractivity contribution in [3.8, 4) is 6.07 Å². The number of benzene rings is 1. The van der Waals surface area contributed by atoms with Crippen LogP contribution in [0.1, 0.15) is 43.7 Å².